The first kappa shape index (κ1) is 17.9. The Morgan fingerprint density at radius 2 is 1.93 bits per heavy atom. The number of nitrogens with zero attached hydrogens (tertiary/aromatic N) is 2. The van der Waals surface area contributed by atoms with Gasteiger partial charge in [-0.05, 0) is 49.2 Å². The summed E-state index contributed by atoms with van der Waals surface area (Å²) >= 11 is 7.88. The number of hydrogen-bond donors (Lipinski definition) is 0. The lowest BCUT2D eigenvalue weighted by Crippen LogP contribution is -2.24. The molecule has 136 valence electrons. The van der Waals surface area contributed by atoms with Crippen LogP contribution >= 0.6 is 22.9 Å². The van der Waals surface area contributed by atoms with Crippen LogP contribution < -0.4 is 5.56 Å². The van der Waals surface area contributed by atoms with Gasteiger partial charge in [0.15, 0.2) is 0 Å². The number of halogens is 2. The fourth-order valence-electron chi connectivity index (χ4n) is 3.14. The molecular formula is C21H16ClFN2OS. The van der Waals surface area contributed by atoms with Crippen LogP contribution in [-0.2, 0) is 6.54 Å². The second-order valence-corrected chi connectivity index (χ2v) is 8.01. The van der Waals surface area contributed by atoms with Crippen LogP contribution in [0.1, 0.15) is 16.0 Å². The summed E-state index contributed by atoms with van der Waals surface area (Å²) in [6.45, 7) is 4.13. The highest BCUT2D eigenvalue weighted by atomic mass is 35.5. The molecule has 2 aromatic heterocycles. The van der Waals surface area contributed by atoms with Crippen molar-refractivity contribution in [1.29, 1.82) is 0 Å². The Balaban J connectivity index is 2.03. The third-order valence-corrected chi connectivity index (χ3v) is 6.06. The third-order valence-electron chi connectivity index (χ3n) is 4.63. The minimum atomic E-state index is -0.337. The standard InChI is InChI=1S/C21H16ClFN2OS/c1-12-13(2)27-20-18(12)21(26)25(11-14-6-5-7-15(23)10-14)19(24-20)16-8-3-4-9-17(16)22/h3-10H,11H2,1-2H3. The number of aromatic nitrogens is 2. The molecule has 2 aromatic carbocycles. The topological polar surface area (TPSA) is 34.9 Å². The maximum Gasteiger partial charge on any atom is 0.263 e. The van der Waals surface area contributed by atoms with Gasteiger partial charge in [0.1, 0.15) is 16.5 Å². The van der Waals surface area contributed by atoms with Crippen molar-refractivity contribution in [3.05, 3.63) is 85.7 Å². The Hall–Kier alpha value is -2.50. The van der Waals surface area contributed by atoms with Crippen LogP contribution in [0.4, 0.5) is 4.39 Å². The summed E-state index contributed by atoms with van der Waals surface area (Å²) in [6, 6.07) is 13.5. The van der Waals surface area contributed by atoms with Crippen molar-refractivity contribution in [2.75, 3.05) is 0 Å². The summed E-state index contributed by atoms with van der Waals surface area (Å²) in [5.74, 6) is 0.153. The zero-order valence-corrected chi connectivity index (χ0v) is 16.4. The fraction of sp³-hybridized carbons (Fsp3) is 0.143. The first-order chi connectivity index (χ1) is 13.0. The monoisotopic (exact) mass is 398 g/mol. The number of aryl methyl sites for hydroxylation is 2. The summed E-state index contributed by atoms with van der Waals surface area (Å²) in [5.41, 5.74) is 2.17. The molecule has 0 saturated carbocycles. The Labute approximate surface area is 164 Å². The van der Waals surface area contributed by atoms with Crippen molar-refractivity contribution in [1.82, 2.24) is 9.55 Å². The zero-order valence-electron chi connectivity index (χ0n) is 14.8. The molecule has 0 unspecified atom stereocenters. The van der Waals surface area contributed by atoms with Crippen molar-refractivity contribution in [2.24, 2.45) is 0 Å². The average molecular weight is 399 g/mol. The van der Waals surface area contributed by atoms with Crippen molar-refractivity contribution in [3.8, 4) is 11.4 Å². The minimum Gasteiger partial charge on any atom is -0.288 e. The Bertz CT molecular complexity index is 1230. The van der Waals surface area contributed by atoms with Gasteiger partial charge < -0.3 is 0 Å². The molecule has 4 rings (SSSR count). The molecule has 0 radical (unpaired) electrons. The number of hydrogen-bond acceptors (Lipinski definition) is 3. The van der Waals surface area contributed by atoms with E-state index in [1.165, 1.54) is 23.5 Å². The molecule has 6 heteroatoms. The fourth-order valence-corrected chi connectivity index (χ4v) is 4.38. The van der Waals surface area contributed by atoms with Crippen molar-refractivity contribution in [2.45, 2.75) is 20.4 Å². The largest absolute Gasteiger partial charge is 0.288 e. The molecule has 0 amide bonds. The molecule has 4 aromatic rings. The van der Waals surface area contributed by atoms with E-state index in [9.17, 15) is 9.18 Å². The smallest absolute Gasteiger partial charge is 0.263 e. The molecule has 0 aliphatic heterocycles. The predicted octanol–water partition coefficient (Wildman–Crippen LogP) is 5.58. The van der Waals surface area contributed by atoms with Crippen LogP contribution in [0.15, 0.2) is 53.3 Å². The summed E-state index contributed by atoms with van der Waals surface area (Å²) in [6.07, 6.45) is 0. The second-order valence-electron chi connectivity index (χ2n) is 6.40. The van der Waals surface area contributed by atoms with Crippen molar-refractivity contribution < 1.29 is 4.39 Å². The van der Waals surface area contributed by atoms with Crippen LogP contribution in [-0.4, -0.2) is 9.55 Å². The van der Waals surface area contributed by atoms with E-state index < -0.39 is 0 Å². The molecule has 0 N–H and O–H groups in total. The molecule has 0 spiro atoms. The van der Waals surface area contributed by atoms with E-state index in [-0.39, 0.29) is 17.9 Å². The van der Waals surface area contributed by atoms with E-state index >= 15 is 0 Å². The van der Waals surface area contributed by atoms with Gasteiger partial charge in [-0.3, -0.25) is 9.36 Å². The van der Waals surface area contributed by atoms with Crippen LogP contribution in [0.2, 0.25) is 5.02 Å². The normalized spacial score (nSPS) is 11.3. The number of rotatable bonds is 3. The van der Waals surface area contributed by atoms with Crippen LogP contribution in [0.3, 0.4) is 0 Å². The van der Waals surface area contributed by atoms with E-state index in [4.69, 9.17) is 16.6 Å². The van der Waals surface area contributed by atoms with Gasteiger partial charge in [0.2, 0.25) is 0 Å². The molecule has 0 aliphatic carbocycles. The maximum atomic E-state index is 13.7. The van der Waals surface area contributed by atoms with Gasteiger partial charge in [0, 0.05) is 10.4 Å². The van der Waals surface area contributed by atoms with E-state index in [1.807, 2.05) is 32.0 Å². The van der Waals surface area contributed by atoms with Gasteiger partial charge in [-0.1, -0.05) is 35.9 Å². The molecule has 0 atom stereocenters. The summed E-state index contributed by atoms with van der Waals surface area (Å²) in [5, 5.41) is 1.13. The van der Waals surface area contributed by atoms with Gasteiger partial charge >= 0.3 is 0 Å². The first-order valence-electron chi connectivity index (χ1n) is 8.45. The lowest BCUT2D eigenvalue weighted by atomic mass is 10.1. The molecule has 27 heavy (non-hydrogen) atoms. The highest BCUT2D eigenvalue weighted by molar-refractivity contribution is 7.18. The van der Waals surface area contributed by atoms with Gasteiger partial charge in [0.05, 0.1) is 17.0 Å². The van der Waals surface area contributed by atoms with Crippen LogP contribution in [0.25, 0.3) is 21.6 Å². The van der Waals surface area contributed by atoms with E-state index in [0.29, 0.717) is 32.2 Å². The summed E-state index contributed by atoms with van der Waals surface area (Å²) in [7, 11) is 0. The van der Waals surface area contributed by atoms with Gasteiger partial charge in [-0.2, -0.15) is 0 Å². The lowest BCUT2D eigenvalue weighted by Gasteiger charge is -2.14. The van der Waals surface area contributed by atoms with Crippen LogP contribution in [0.5, 0.6) is 0 Å². The molecule has 3 nitrogen and oxygen atoms in total. The minimum absolute atomic E-state index is 0.138. The number of thiophene rings is 1. The lowest BCUT2D eigenvalue weighted by molar-refractivity contribution is 0.623. The number of benzene rings is 2. The van der Waals surface area contributed by atoms with Gasteiger partial charge in [-0.15, -0.1) is 11.3 Å². The van der Waals surface area contributed by atoms with E-state index in [0.717, 1.165) is 10.4 Å². The van der Waals surface area contributed by atoms with Gasteiger partial charge in [0.25, 0.3) is 5.56 Å². The third kappa shape index (κ3) is 3.17. The van der Waals surface area contributed by atoms with Gasteiger partial charge in [-0.25, -0.2) is 9.37 Å². The molecule has 0 saturated heterocycles. The molecular weight excluding hydrogens is 383 g/mol. The maximum absolute atomic E-state index is 13.7. The zero-order chi connectivity index (χ0) is 19.1. The Morgan fingerprint density at radius 1 is 1.15 bits per heavy atom. The highest BCUT2D eigenvalue weighted by Crippen LogP contribution is 2.31. The average Bonchev–Trinajstić information content (AvgIpc) is 2.92. The molecule has 0 aliphatic rings. The first-order valence-corrected chi connectivity index (χ1v) is 9.65. The summed E-state index contributed by atoms with van der Waals surface area (Å²) < 4.78 is 15.2. The van der Waals surface area contributed by atoms with Crippen LogP contribution in [0, 0.1) is 19.7 Å². The number of fused-ring (bicyclic) bond motifs is 1. The predicted molar refractivity (Wildman–Crippen MR) is 109 cm³/mol. The quantitative estimate of drug-likeness (QED) is 0.451. The van der Waals surface area contributed by atoms with Crippen molar-refractivity contribution in [3.63, 3.8) is 0 Å². The van der Waals surface area contributed by atoms with Crippen molar-refractivity contribution >= 4 is 33.2 Å². The molecule has 0 fully saturated rings. The highest BCUT2D eigenvalue weighted by Gasteiger charge is 2.19. The molecule has 0 bridgehead atoms. The molecule has 2 heterocycles. The SMILES string of the molecule is Cc1sc2nc(-c3ccccc3Cl)n(Cc3cccc(F)c3)c(=O)c2c1C. The Kier molecular flexibility index (Phi) is 4.58. The second kappa shape index (κ2) is 6.91. The summed E-state index contributed by atoms with van der Waals surface area (Å²) in [4.78, 5) is 19.9. The Morgan fingerprint density at radius 3 is 2.67 bits per heavy atom. The van der Waals surface area contributed by atoms with E-state index in [1.54, 1.807) is 22.8 Å². The van der Waals surface area contributed by atoms with E-state index in [2.05, 4.69) is 0 Å².